The van der Waals surface area contributed by atoms with E-state index in [2.05, 4.69) is 4.74 Å². The fourth-order valence-electron chi connectivity index (χ4n) is 2.57. The lowest BCUT2D eigenvalue weighted by molar-refractivity contribution is 0.0187. The molecular formula is C18H25NO5. The maximum absolute atomic E-state index is 12.2. The molecule has 24 heavy (non-hydrogen) atoms. The molecule has 0 saturated carbocycles. The van der Waals surface area contributed by atoms with Crippen LogP contribution in [-0.4, -0.2) is 48.9 Å². The predicted molar refractivity (Wildman–Crippen MR) is 89.2 cm³/mol. The van der Waals surface area contributed by atoms with Crippen LogP contribution in [0.25, 0.3) is 0 Å². The number of hydrogen-bond acceptors (Lipinski definition) is 5. The minimum atomic E-state index is -0.505. The molecule has 1 aliphatic heterocycles. The summed E-state index contributed by atoms with van der Waals surface area (Å²) in [6.45, 7) is 6.65. The normalized spacial score (nSPS) is 17.5. The van der Waals surface area contributed by atoms with Crippen LogP contribution in [0.5, 0.6) is 5.75 Å². The van der Waals surface area contributed by atoms with E-state index in [9.17, 15) is 9.59 Å². The maximum Gasteiger partial charge on any atom is 0.410 e. The minimum Gasteiger partial charge on any atom is -0.491 e. The number of nitrogens with zero attached hydrogens (tertiary/aromatic N) is 1. The van der Waals surface area contributed by atoms with Crippen LogP contribution < -0.4 is 4.74 Å². The Hall–Kier alpha value is -2.24. The van der Waals surface area contributed by atoms with Gasteiger partial charge in [-0.1, -0.05) is 0 Å². The number of methoxy groups -OCH3 is 1. The van der Waals surface area contributed by atoms with E-state index in [1.165, 1.54) is 7.11 Å². The van der Waals surface area contributed by atoms with Gasteiger partial charge < -0.3 is 19.1 Å². The first-order valence-corrected chi connectivity index (χ1v) is 8.11. The summed E-state index contributed by atoms with van der Waals surface area (Å²) in [6.07, 6.45) is 1.53. The molecule has 6 heteroatoms. The number of rotatable bonds is 4. The molecule has 0 bridgehead atoms. The van der Waals surface area contributed by atoms with Crippen LogP contribution in [0, 0.1) is 0 Å². The van der Waals surface area contributed by atoms with Crippen molar-refractivity contribution in [1.82, 2.24) is 4.90 Å². The van der Waals surface area contributed by atoms with Gasteiger partial charge in [-0.3, -0.25) is 0 Å². The molecule has 1 amide bonds. The molecule has 1 atom stereocenters. The molecule has 0 N–H and O–H groups in total. The summed E-state index contributed by atoms with van der Waals surface area (Å²) in [6, 6.07) is 6.75. The second-order valence-electron chi connectivity index (χ2n) is 6.80. The molecule has 1 unspecified atom stereocenters. The Morgan fingerprint density at radius 3 is 2.46 bits per heavy atom. The molecule has 6 nitrogen and oxygen atoms in total. The Kier molecular flexibility index (Phi) is 5.70. The highest BCUT2D eigenvalue weighted by atomic mass is 16.6. The standard InChI is InChI=1S/C18H25NO5/c1-18(2,3)24-17(21)19-11-5-6-14(19)12-23-15-9-7-13(8-10-15)16(20)22-4/h7-10,14H,5-6,11-12H2,1-4H3. The average Bonchev–Trinajstić information content (AvgIpc) is 2.99. The zero-order valence-electron chi connectivity index (χ0n) is 14.7. The molecule has 0 spiro atoms. The third-order valence-electron chi connectivity index (χ3n) is 3.72. The first kappa shape index (κ1) is 18.1. The van der Waals surface area contributed by atoms with Gasteiger partial charge in [-0.05, 0) is 57.9 Å². The van der Waals surface area contributed by atoms with E-state index in [4.69, 9.17) is 9.47 Å². The number of esters is 1. The molecule has 1 aromatic rings. The molecule has 2 rings (SSSR count). The van der Waals surface area contributed by atoms with E-state index in [0.717, 1.165) is 12.8 Å². The highest BCUT2D eigenvalue weighted by Gasteiger charge is 2.32. The molecule has 0 aromatic heterocycles. The monoisotopic (exact) mass is 335 g/mol. The van der Waals surface area contributed by atoms with Crippen molar-refractivity contribution in [3.63, 3.8) is 0 Å². The summed E-state index contributed by atoms with van der Waals surface area (Å²) >= 11 is 0. The van der Waals surface area contributed by atoms with Crippen molar-refractivity contribution in [1.29, 1.82) is 0 Å². The largest absolute Gasteiger partial charge is 0.491 e. The van der Waals surface area contributed by atoms with Gasteiger partial charge in [-0.25, -0.2) is 9.59 Å². The predicted octanol–water partition coefficient (Wildman–Crippen LogP) is 3.25. The third kappa shape index (κ3) is 4.88. The third-order valence-corrected chi connectivity index (χ3v) is 3.72. The van der Waals surface area contributed by atoms with E-state index in [-0.39, 0.29) is 18.1 Å². The highest BCUT2D eigenvalue weighted by molar-refractivity contribution is 5.89. The van der Waals surface area contributed by atoms with Crippen LogP contribution in [0.3, 0.4) is 0 Å². The van der Waals surface area contributed by atoms with E-state index in [1.54, 1.807) is 29.2 Å². The second kappa shape index (κ2) is 7.55. The Morgan fingerprint density at radius 2 is 1.88 bits per heavy atom. The molecule has 1 saturated heterocycles. The topological polar surface area (TPSA) is 65.1 Å². The Labute approximate surface area is 142 Å². The van der Waals surface area contributed by atoms with Crippen LogP contribution >= 0.6 is 0 Å². The van der Waals surface area contributed by atoms with Crippen molar-refractivity contribution < 1.29 is 23.8 Å². The Bertz CT molecular complexity index is 576. The average molecular weight is 335 g/mol. The smallest absolute Gasteiger partial charge is 0.410 e. The first-order chi connectivity index (χ1) is 11.3. The molecule has 132 valence electrons. The van der Waals surface area contributed by atoms with Crippen LogP contribution in [0.2, 0.25) is 0 Å². The zero-order chi connectivity index (χ0) is 17.7. The lowest BCUT2D eigenvalue weighted by atomic mass is 10.2. The Morgan fingerprint density at radius 1 is 1.21 bits per heavy atom. The number of benzene rings is 1. The van der Waals surface area contributed by atoms with Crippen molar-refractivity contribution in [2.24, 2.45) is 0 Å². The molecule has 1 fully saturated rings. The van der Waals surface area contributed by atoms with E-state index < -0.39 is 5.60 Å². The second-order valence-corrected chi connectivity index (χ2v) is 6.80. The summed E-state index contributed by atoms with van der Waals surface area (Å²) in [5.41, 5.74) is -0.0319. The van der Waals surface area contributed by atoms with Gasteiger partial charge in [0.15, 0.2) is 0 Å². The lowest BCUT2D eigenvalue weighted by Gasteiger charge is -2.28. The summed E-state index contributed by atoms with van der Waals surface area (Å²) < 4.78 is 15.9. The van der Waals surface area contributed by atoms with Gasteiger partial charge in [0.1, 0.15) is 18.0 Å². The van der Waals surface area contributed by atoms with Gasteiger partial charge in [-0.15, -0.1) is 0 Å². The van der Waals surface area contributed by atoms with Crippen LogP contribution in [0.1, 0.15) is 44.0 Å². The summed E-state index contributed by atoms with van der Waals surface area (Å²) in [4.78, 5) is 25.4. The van der Waals surface area contributed by atoms with E-state index in [1.807, 2.05) is 20.8 Å². The molecule has 0 aliphatic carbocycles. The van der Waals surface area contributed by atoms with Gasteiger partial charge in [0.25, 0.3) is 0 Å². The zero-order valence-corrected chi connectivity index (χ0v) is 14.7. The van der Waals surface area contributed by atoms with Gasteiger partial charge in [-0.2, -0.15) is 0 Å². The van der Waals surface area contributed by atoms with Gasteiger partial charge in [0.2, 0.25) is 0 Å². The summed E-state index contributed by atoms with van der Waals surface area (Å²) in [5.74, 6) is 0.270. The lowest BCUT2D eigenvalue weighted by Crippen LogP contribution is -2.42. The maximum atomic E-state index is 12.2. The number of ether oxygens (including phenoxy) is 3. The van der Waals surface area contributed by atoms with Crippen molar-refractivity contribution in [3.8, 4) is 5.75 Å². The van der Waals surface area contributed by atoms with Gasteiger partial charge in [0, 0.05) is 6.54 Å². The van der Waals surface area contributed by atoms with E-state index in [0.29, 0.717) is 24.5 Å². The first-order valence-electron chi connectivity index (χ1n) is 8.11. The van der Waals surface area contributed by atoms with Crippen molar-refractivity contribution in [3.05, 3.63) is 29.8 Å². The highest BCUT2D eigenvalue weighted by Crippen LogP contribution is 2.22. The van der Waals surface area contributed by atoms with Crippen molar-refractivity contribution in [2.45, 2.75) is 45.3 Å². The van der Waals surface area contributed by atoms with Crippen LogP contribution in [0.15, 0.2) is 24.3 Å². The minimum absolute atomic E-state index is 0.000124. The molecule has 1 heterocycles. The van der Waals surface area contributed by atoms with E-state index >= 15 is 0 Å². The number of carbonyl (C=O) groups is 2. The van der Waals surface area contributed by atoms with Crippen LogP contribution in [-0.2, 0) is 9.47 Å². The number of amides is 1. The number of hydrogen-bond donors (Lipinski definition) is 0. The fraction of sp³-hybridized carbons (Fsp3) is 0.556. The number of carbonyl (C=O) groups excluding carboxylic acids is 2. The van der Waals surface area contributed by atoms with Gasteiger partial charge in [0.05, 0.1) is 18.7 Å². The van der Waals surface area contributed by atoms with Crippen LogP contribution in [0.4, 0.5) is 4.79 Å². The molecule has 0 radical (unpaired) electrons. The molecular weight excluding hydrogens is 310 g/mol. The number of likely N-dealkylation sites (tertiary alicyclic amines) is 1. The molecule has 1 aliphatic rings. The SMILES string of the molecule is COC(=O)c1ccc(OCC2CCCN2C(=O)OC(C)(C)C)cc1. The van der Waals surface area contributed by atoms with Crippen molar-refractivity contribution >= 4 is 12.1 Å². The van der Waals surface area contributed by atoms with Gasteiger partial charge >= 0.3 is 12.1 Å². The summed E-state index contributed by atoms with van der Waals surface area (Å²) in [5, 5.41) is 0. The van der Waals surface area contributed by atoms with Crippen molar-refractivity contribution in [2.75, 3.05) is 20.3 Å². The quantitative estimate of drug-likeness (QED) is 0.790. The fourth-order valence-corrected chi connectivity index (χ4v) is 2.57. The summed E-state index contributed by atoms with van der Waals surface area (Å²) in [7, 11) is 1.35. The Balaban J connectivity index is 1.91. The molecule has 1 aromatic carbocycles.